The molecule has 11 heavy (non-hydrogen) atoms. The summed E-state index contributed by atoms with van der Waals surface area (Å²) in [6.45, 7) is 0. The van der Waals surface area contributed by atoms with Gasteiger partial charge in [-0.3, -0.25) is 4.98 Å². The van der Waals surface area contributed by atoms with Crippen LogP contribution in [0.3, 0.4) is 0 Å². The monoisotopic (exact) mass is 168 g/mol. The Kier molecular flexibility index (Phi) is 1.16. The number of nitrogens with zero attached hydrogens (tertiary/aromatic N) is 2. The van der Waals surface area contributed by atoms with E-state index in [0.29, 0.717) is 11.2 Å². The Morgan fingerprint density at radius 2 is 2.45 bits per heavy atom. The van der Waals surface area contributed by atoms with Crippen molar-refractivity contribution >= 4 is 29.4 Å². The van der Waals surface area contributed by atoms with E-state index >= 15 is 0 Å². The molecule has 0 bridgehead atoms. The summed E-state index contributed by atoms with van der Waals surface area (Å²) < 4.78 is 5.00. The van der Waals surface area contributed by atoms with E-state index in [1.807, 2.05) is 0 Å². The highest BCUT2D eigenvalue weighted by molar-refractivity contribution is 7.71. The number of nitrogens with one attached hydrogen (secondary N) is 1. The number of hydrogen-bond donors (Lipinski definition) is 2. The summed E-state index contributed by atoms with van der Waals surface area (Å²) in [5, 5.41) is 0. The Bertz CT molecular complexity index is 445. The molecule has 2 aromatic heterocycles. The van der Waals surface area contributed by atoms with Gasteiger partial charge in [0.2, 0.25) is 5.95 Å². The first-order valence-corrected chi connectivity index (χ1v) is 3.28. The summed E-state index contributed by atoms with van der Waals surface area (Å²) in [6.07, 6.45) is 1.48. The van der Waals surface area contributed by atoms with E-state index < -0.39 is 0 Å². The lowest BCUT2D eigenvalue weighted by molar-refractivity contribution is 0.582. The molecule has 2 rings (SSSR count). The van der Waals surface area contributed by atoms with Gasteiger partial charge in [-0.05, 0) is 12.2 Å². The minimum absolute atomic E-state index is 0.199. The number of nitrogens with two attached hydrogens (primary N) is 1. The molecule has 0 aliphatic heterocycles. The fourth-order valence-electron chi connectivity index (χ4n) is 0.771. The van der Waals surface area contributed by atoms with Gasteiger partial charge in [-0.1, -0.05) is 0 Å². The maximum Gasteiger partial charge on any atom is 0.268 e. The molecule has 0 aromatic carbocycles. The highest BCUT2D eigenvalue weighted by Crippen LogP contribution is 2.09. The molecule has 0 saturated heterocycles. The van der Waals surface area contributed by atoms with Crippen molar-refractivity contribution in [2.45, 2.75) is 0 Å². The minimum atomic E-state index is 0.199. The van der Waals surface area contributed by atoms with Gasteiger partial charge in [0, 0.05) is 0 Å². The molecule has 6 heteroatoms. The molecule has 0 unspecified atom stereocenters. The van der Waals surface area contributed by atoms with Gasteiger partial charge in [0.1, 0.15) is 0 Å². The van der Waals surface area contributed by atoms with Crippen molar-refractivity contribution in [1.82, 2.24) is 15.0 Å². The molecular weight excluding hydrogens is 164 g/mol. The SMILES string of the molecule is Nc1ncc2oc(=S)[nH]c2n1. The zero-order chi connectivity index (χ0) is 7.84. The lowest BCUT2D eigenvalue weighted by Crippen LogP contribution is -1.92. The van der Waals surface area contributed by atoms with Gasteiger partial charge < -0.3 is 10.2 Å². The standard InChI is InChI=1S/C5H4N4OS/c6-4-7-1-2-3(8-4)9-5(11)10-2/h1H,(H3,6,7,8,9,11). The topological polar surface area (TPSA) is 80.7 Å². The number of rotatable bonds is 0. The lowest BCUT2D eigenvalue weighted by atomic mass is 10.6. The smallest absolute Gasteiger partial charge is 0.268 e. The average molecular weight is 168 g/mol. The Morgan fingerprint density at radius 1 is 1.64 bits per heavy atom. The van der Waals surface area contributed by atoms with Crippen LogP contribution in [0.5, 0.6) is 0 Å². The molecule has 5 nitrogen and oxygen atoms in total. The van der Waals surface area contributed by atoms with Crippen LogP contribution in [0.1, 0.15) is 0 Å². The molecular formula is C5H4N4OS. The third-order valence-electron chi connectivity index (χ3n) is 1.20. The number of oxazole rings is 1. The van der Waals surface area contributed by atoms with Gasteiger partial charge >= 0.3 is 0 Å². The van der Waals surface area contributed by atoms with E-state index in [0.717, 1.165) is 0 Å². The number of aromatic amines is 1. The summed E-state index contributed by atoms with van der Waals surface area (Å²) in [4.78, 5) is 10.6. The number of anilines is 1. The first-order chi connectivity index (χ1) is 5.25. The third kappa shape index (κ3) is 0.966. The van der Waals surface area contributed by atoms with E-state index in [1.54, 1.807) is 0 Å². The van der Waals surface area contributed by atoms with Crippen molar-refractivity contribution in [3.05, 3.63) is 11.0 Å². The maximum absolute atomic E-state index is 5.32. The molecule has 0 amide bonds. The predicted molar refractivity (Wildman–Crippen MR) is 41.4 cm³/mol. The van der Waals surface area contributed by atoms with E-state index in [1.165, 1.54) is 6.20 Å². The van der Waals surface area contributed by atoms with Gasteiger partial charge in [-0.25, -0.2) is 4.98 Å². The van der Waals surface area contributed by atoms with Crippen LogP contribution < -0.4 is 5.73 Å². The number of nitrogen functional groups attached to an aromatic ring is 1. The molecule has 0 spiro atoms. The van der Waals surface area contributed by atoms with Crippen LogP contribution in [0.4, 0.5) is 5.95 Å². The van der Waals surface area contributed by atoms with Crippen LogP contribution in [0, 0.1) is 4.84 Å². The molecule has 3 N–H and O–H groups in total. The molecule has 56 valence electrons. The maximum atomic E-state index is 5.32. The molecule has 0 aliphatic carbocycles. The van der Waals surface area contributed by atoms with Crippen molar-refractivity contribution in [3.8, 4) is 0 Å². The Balaban J connectivity index is 2.92. The predicted octanol–water partition coefficient (Wildman–Crippen LogP) is 0.863. The Morgan fingerprint density at radius 3 is 3.27 bits per heavy atom. The van der Waals surface area contributed by atoms with Crippen LogP contribution in [-0.4, -0.2) is 15.0 Å². The van der Waals surface area contributed by atoms with Gasteiger partial charge in [0.25, 0.3) is 4.84 Å². The highest BCUT2D eigenvalue weighted by atomic mass is 32.1. The molecule has 0 saturated carbocycles. The van der Waals surface area contributed by atoms with Gasteiger partial charge in [-0.2, -0.15) is 4.98 Å². The first kappa shape index (κ1) is 6.29. The zero-order valence-corrected chi connectivity index (χ0v) is 6.18. The first-order valence-electron chi connectivity index (χ1n) is 2.87. The molecule has 0 aliphatic rings. The van der Waals surface area contributed by atoms with Gasteiger partial charge in [0.15, 0.2) is 11.2 Å². The second-order valence-corrected chi connectivity index (χ2v) is 2.33. The third-order valence-corrected chi connectivity index (χ3v) is 1.38. The van der Waals surface area contributed by atoms with E-state index in [4.69, 9.17) is 22.4 Å². The Hall–Kier alpha value is -1.43. The number of hydrogen-bond acceptors (Lipinski definition) is 5. The van der Waals surface area contributed by atoms with Crippen molar-refractivity contribution in [2.75, 3.05) is 5.73 Å². The van der Waals surface area contributed by atoms with Crippen LogP contribution in [0.2, 0.25) is 0 Å². The molecule has 0 radical (unpaired) electrons. The van der Waals surface area contributed by atoms with E-state index in [9.17, 15) is 0 Å². The molecule has 0 fully saturated rings. The van der Waals surface area contributed by atoms with Crippen molar-refractivity contribution in [3.63, 3.8) is 0 Å². The summed E-state index contributed by atoms with van der Waals surface area (Å²) in [5.41, 5.74) is 6.36. The summed E-state index contributed by atoms with van der Waals surface area (Å²) in [6, 6.07) is 0. The summed E-state index contributed by atoms with van der Waals surface area (Å²) >= 11 is 4.73. The van der Waals surface area contributed by atoms with Crippen molar-refractivity contribution < 1.29 is 4.42 Å². The zero-order valence-electron chi connectivity index (χ0n) is 5.37. The van der Waals surface area contributed by atoms with E-state index in [2.05, 4.69) is 15.0 Å². The molecule has 0 atom stereocenters. The van der Waals surface area contributed by atoms with Gasteiger partial charge in [0.05, 0.1) is 6.20 Å². The second kappa shape index (κ2) is 2.03. The molecule has 2 aromatic rings. The number of fused-ring (bicyclic) bond motifs is 1. The second-order valence-electron chi connectivity index (χ2n) is 1.96. The highest BCUT2D eigenvalue weighted by Gasteiger charge is 1.99. The Labute approximate surface area is 66.3 Å². The fourth-order valence-corrected chi connectivity index (χ4v) is 0.957. The molecule has 2 heterocycles. The van der Waals surface area contributed by atoms with Crippen molar-refractivity contribution in [2.24, 2.45) is 0 Å². The average Bonchev–Trinajstić information content (AvgIpc) is 2.27. The normalized spacial score (nSPS) is 10.5. The van der Waals surface area contributed by atoms with Crippen molar-refractivity contribution in [1.29, 1.82) is 0 Å². The van der Waals surface area contributed by atoms with Crippen LogP contribution >= 0.6 is 12.2 Å². The van der Waals surface area contributed by atoms with Crippen LogP contribution in [-0.2, 0) is 0 Å². The number of aromatic nitrogens is 3. The van der Waals surface area contributed by atoms with E-state index in [-0.39, 0.29) is 10.8 Å². The number of H-pyrrole nitrogens is 1. The lowest BCUT2D eigenvalue weighted by Gasteiger charge is -1.86. The summed E-state index contributed by atoms with van der Waals surface area (Å²) in [5.74, 6) is 0.199. The summed E-state index contributed by atoms with van der Waals surface area (Å²) in [7, 11) is 0. The quantitative estimate of drug-likeness (QED) is 0.570. The van der Waals surface area contributed by atoms with Gasteiger partial charge in [-0.15, -0.1) is 0 Å². The fraction of sp³-hybridized carbons (Fsp3) is 0. The largest absolute Gasteiger partial charge is 0.426 e. The van der Waals surface area contributed by atoms with Crippen LogP contribution in [0.15, 0.2) is 10.6 Å². The van der Waals surface area contributed by atoms with Crippen LogP contribution in [0.25, 0.3) is 11.2 Å². The minimum Gasteiger partial charge on any atom is -0.426 e.